The van der Waals surface area contributed by atoms with Gasteiger partial charge in [0.2, 0.25) is 5.91 Å². The summed E-state index contributed by atoms with van der Waals surface area (Å²) in [5.41, 5.74) is 5.41. The van der Waals surface area contributed by atoms with Gasteiger partial charge in [-0.2, -0.15) is 10.1 Å². The standard InChI is InChI=1S/C23H31N5O/c1-14(2)18-7-9-19(10-8-18)22(15(3)4)27-21(29)12-11-20-16(5)26-23-24-13-25-28(23)17(20)6/h7-10,13-15,22H,11-12H2,1-6H3,(H,27,29). The maximum Gasteiger partial charge on any atom is 0.252 e. The van der Waals surface area contributed by atoms with Gasteiger partial charge in [-0.05, 0) is 48.8 Å². The van der Waals surface area contributed by atoms with Crippen molar-refractivity contribution in [3.8, 4) is 0 Å². The van der Waals surface area contributed by atoms with E-state index >= 15 is 0 Å². The highest BCUT2D eigenvalue weighted by atomic mass is 16.1. The summed E-state index contributed by atoms with van der Waals surface area (Å²) in [6, 6.07) is 8.59. The zero-order chi connectivity index (χ0) is 21.1. The van der Waals surface area contributed by atoms with Gasteiger partial charge >= 0.3 is 0 Å². The Balaban J connectivity index is 1.70. The monoisotopic (exact) mass is 393 g/mol. The molecule has 0 fully saturated rings. The Morgan fingerprint density at radius 3 is 2.34 bits per heavy atom. The predicted octanol–water partition coefficient (Wildman–Crippen LogP) is 4.31. The van der Waals surface area contributed by atoms with Crippen LogP contribution >= 0.6 is 0 Å². The minimum absolute atomic E-state index is 0.00169. The summed E-state index contributed by atoms with van der Waals surface area (Å²) < 4.78 is 1.73. The first-order valence-electron chi connectivity index (χ1n) is 10.3. The number of nitrogens with zero attached hydrogens (tertiary/aromatic N) is 4. The third-order valence-electron chi connectivity index (χ3n) is 5.54. The average Bonchev–Trinajstić information content (AvgIpc) is 3.14. The Morgan fingerprint density at radius 2 is 1.72 bits per heavy atom. The van der Waals surface area contributed by atoms with Crippen LogP contribution in [0.4, 0.5) is 0 Å². The molecule has 3 rings (SSSR count). The fraction of sp³-hybridized carbons (Fsp3) is 0.478. The number of benzene rings is 1. The number of fused-ring (bicyclic) bond motifs is 1. The molecule has 3 aromatic rings. The van der Waals surface area contributed by atoms with Gasteiger partial charge in [0.15, 0.2) is 0 Å². The molecule has 1 amide bonds. The molecule has 0 aliphatic rings. The number of rotatable bonds is 7. The van der Waals surface area contributed by atoms with Crippen LogP contribution in [0, 0.1) is 19.8 Å². The summed E-state index contributed by atoms with van der Waals surface area (Å²) in [7, 11) is 0. The second kappa shape index (κ2) is 8.72. The van der Waals surface area contributed by atoms with Gasteiger partial charge in [-0.15, -0.1) is 0 Å². The second-order valence-electron chi connectivity index (χ2n) is 8.34. The summed E-state index contributed by atoms with van der Waals surface area (Å²) in [4.78, 5) is 21.4. The van der Waals surface area contributed by atoms with Crippen LogP contribution in [0.1, 0.15) is 74.2 Å². The van der Waals surface area contributed by atoms with Crippen molar-refractivity contribution in [3.05, 3.63) is 58.7 Å². The van der Waals surface area contributed by atoms with Crippen LogP contribution in [0.5, 0.6) is 0 Å². The first-order chi connectivity index (χ1) is 13.8. The molecule has 2 heterocycles. The number of aromatic nitrogens is 4. The van der Waals surface area contributed by atoms with E-state index < -0.39 is 0 Å². The van der Waals surface area contributed by atoms with Gasteiger partial charge in [0, 0.05) is 17.8 Å². The van der Waals surface area contributed by atoms with Crippen molar-refractivity contribution < 1.29 is 4.79 Å². The number of carbonyl (C=O) groups excluding carboxylic acids is 1. The van der Waals surface area contributed by atoms with Gasteiger partial charge in [-0.1, -0.05) is 52.0 Å². The highest BCUT2D eigenvalue weighted by Gasteiger charge is 2.19. The maximum absolute atomic E-state index is 12.7. The number of aryl methyl sites for hydroxylation is 2. The van der Waals surface area contributed by atoms with E-state index in [1.165, 1.54) is 11.9 Å². The number of nitrogens with one attached hydrogen (secondary N) is 1. The fourth-order valence-electron chi connectivity index (χ4n) is 3.72. The normalized spacial score (nSPS) is 12.7. The van der Waals surface area contributed by atoms with Crippen molar-refractivity contribution in [1.82, 2.24) is 24.9 Å². The molecule has 1 aromatic carbocycles. The van der Waals surface area contributed by atoms with E-state index in [1.807, 2.05) is 13.8 Å². The van der Waals surface area contributed by atoms with Gasteiger partial charge in [0.25, 0.3) is 5.78 Å². The van der Waals surface area contributed by atoms with Gasteiger partial charge in [-0.25, -0.2) is 9.50 Å². The molecular weight excluding hydrogens is 362 g/mol. The summed E-state index contributed by atoms with van der Waals surface area (Å²) in [6.07, 6.45) is 2.54. The molecule has 6 nitrogen and oxygen atoms in total. The molecule has 1 N–H and O–H groups in total. The minimum atomic E-state index is 0.00169. The Hall–Kier alpha value is -2.76. The van der Waals surface area contributed by atoms with Gasteiger partial charge in [-0.3, -0.25) is 4.79 Å². The Bertz CT molecular complexity index is 988. The molecule has 0 saturated heterocycles. The highest BCUT2D eigenvalue weighted by Crippen LogP contribution is 2.24. The third kappa shape index (κ3) is 4.63. The molecule has 0 aliphatic carbocycles. The molecule has 0 saturated carbocycles. The predicted molar refractivity (Wildman–Crippen MR) is 115 cm³/mol. The molecule has 0 aliphatic heterocycles. The first-order valence-corrected chi connectivity index (χ1v) is 10.3. The molecule has 29 heavy (non-hydrogen) atoms. The largest absolute Gasteiger partial charge is 0.349 e. The summed E-state index contributed by atoms with van der Waals surface area (Å²) in [6.45, 7) is 12.6. The van der Waals surface area contributed by atoms with Crippen LogP contribution in [0.3, 0.4) is 0 Å². The smallest absolute Gasteiger partial charge is 0.252 e. The SMILES string of the molecule is Cc1nc2ncnn2c(C)c1CCC(=O)NC(c1ccc(C(C)C)cc1)C(C)C. The van der Waals surface area contributed by atoms with Gasteiger partial charge in [0.1, 0.15) is 6.33 Å². The van der Waals surface area contributed by atoms with Crippen molar-refractivity contribution in [2.75, 3.05) is 0 Å². The van der Waals surface area contributed by atoms with Crippen molar-refractivity contribution in [3.63, 3.8) is 0 Å². The lowest BCUT2D eigenvalue weighted by molar-refractivity contribution is -0.122. The molecular formula is C23H31N5O. The molecule has 2 aromatic heterocycles. The molecule has 1 atom stereocenters. The summed E-state index contributed by atoms with van der Waals surface area (Å²) >= 11 is 0. The lowest BCUT2D eigenvalue weighted by Gasteiger charge is -2.23. The van der Waals surface area contributed by atoms with E-state index in [2.05, 4.69) is 72.3 Å². The first kappa shape index (κ1) is 21.0. The van der Waals surface area contributed by atoms with Crippen molar-refractivity contribution in [2.45, 2.75) is 66.3 Å². The Labute approximate surface area is 172 Å². The zero-order valence-electron chi connectivity index (χ0n) is 18.2. The van der Waals surface area contributed by atoms with Crippen LogP contribution in [-0.2, 0) is 11.2 Å². The quantitative estimate of drug-likeness (QED) is 0.649. The average molecular weight is 394 g/mol. The van der Waals surface area contributed by atoms with Crippen LogP contribution in [0.2, 0.25) is 0 Å². The Kier molecular flexibility index (Phi) is 6.30. The molecule has 154 valence electrons. The van der Waals surface area contributed by atoms with Gasteiger partial charge < -0.3 is 5.32 Å². The van der Waals surface area contributed by atoms with Crippen molar-refractivity contribution >= 4 is 11.7 Å². The maximum atomic E-state index is 12.7. The van der Waals surface area contributed by atoms with Crippen molar-refractivity contribution in [1.29, 1.82) is 0 Å². The van der Waals surface area contributed by atoms with Crippen LogP contribution in [0.15, 0.2) is 30.6 Å². The lowest BCUT2D eigenvalue weighted by Crippen LogP contribution is -2.32. The third-order valence-corrected chi connectivity index (χ3v) is 5.54. The topological polar surface area (TPSA) is 72.2 Å². The number of carbonyl (C=O) groups is 1. The number of hydrogen-bond donors (Lipinski definition) is 1. The fourth-order valence-corrected chi connectivity index (χ4v) is 3.72. The lowest BCUT2D eigenvalue weighted by atomic mass is 9.93. The van der Waals surface area contributed by atoms with E-state index in [0.717, 1.165) is 22.5 Å². The van der Waals surface area contributed by atoms with E-state index in [9.17, 15) is 4.79 Å². The van der Waals surface area contributed by atoms with E-state index in [0.29, 0.717) is 30.5 Å². The highest BCUT2D eigenvalue weighted by molar-refractivity contribution is 5.76. The van der Waals surface area contributed by atoms with Crippen LogP contribution < -0.4 is 5.32 Å². The van der Waals surface area contributed by atoms with Crippen LogP contribution in [-0.4, -0.2) is 25.5 Å². The summed E-state index contributed by atoms with van der Waals surface area (Å²) in [5, 5.41) is 7.45. The van der Waals surface area contributed by atoms with E-state index in [4.69, 9.17) is 0 Å². The molecule has 0 spiro atoms. The van der Waals surface area contributed by atoms with Gasteiger partial charge in [0.05, 0.1) is 6.04 Å². The number of amides is 1. The summed E-state index contributed by atoms with van der Waals surface area (Å²) in [5.74, 6) is 1.45. The van der Waals surface area contributed by atoms with E-state index in [1.54, 1.807) is 4.52 Å². The second-order valence-corrected chi connectivity index (χ2v) is 8.34. The van der Waals surface area contributed by atoms with Crippen molar-refractivity contribution in [2.24, 2.45) is 5.92 Å². The minimum Gasteiger partial charge on any atom is -0.349 e. The van der Waals surface area contributed by atoms with E-state index in [-0.39, 0.29) is 11.9 Å². The number of hydrogen-bond acceptors (Lipinski definition) is 4. The molecule has 6 heteroatoms. The molecule has 0 bridgehead atoms. The molecule has 1 unspecified atom stereocenters. The zero-order valence-corrected chi connectivity index (χ0v) is 18.2. The Morgan fingerprint density at radius 1 is 1.07 bits per heavy atom. The van der Waals surface area contributed by atoms with Crippen LogP contribution in [0.25, 0.3) is 5.78 Å². The molecule has 0 radical (unpaired) electrons.